The zero-order valence-electron chi connectivity index (χ0n) is 34.4. The van der Waals surface area contributed by atoms with Gasteiger partial charge in [0.05, 0.1) is 12.8 Å². The lowest BCUT2D eigenvalue weighted by Crippen LogP contribution is -2.00. The van der Waals surface area contributed by atoms with Gasteiger partial charge in [0, 0.05) is 45.5 Å². The fraction of sp³-hybridized carbons (Fsp3) is 0.850. The van der Waals surface area contributed by atoms with E-state index in [0.717, 1.165) is 19.3 Å². The molecular formula is C40H80O15. The number of hydrogen-bond donors (Lipinski definition) is 9. The Labute approximate surface area is 330 Å². The van der Waals surface area contributed by atoms with Gasteiger partial charge in [-0.3, -0.25) is 28.8 Å². The second kappa shape index (κ2) is 60.0. The first-order valence-electron chi connectivity index (χ1n) is 20.3. The summed E-state index contributed by atoms with van der Waals surface area (Å²) >= 11 is 0. The summed E-state index contributed by atoms with van der Waals surface area (Å²) in [7, 11) is 0. The third kappa shape index (κ3) is 106. The number of hydrogen-bond acceptors (Lipinski definition) is 9. The molecule has 0 saturated heterocycles. The monoisotopic (exact) mass is 801 g/mol. The lowest BCUT2D eigenvalue weighted by atomic mass is 10.1. The summed E-state index contributed by atoms with van der Waals surface area (Å²) in [5, 5.41) is 73.5. The normalized spacial score (nSPS) is 9.49. The Kier molecular flexibility index (Phi) is 69.4. The van der Waals surface area contributed by atoms with Gasteiger partial charge < -0.3 is 46.0 Å². The number of aliphatic carboxylic acids is 6. The topological polar surface area (TPSA) is 284 Å². The van der Waals surface area contributed by atoms with Crippen molar-refractivity contribution in [1.29, 1.82) is 0 Å². The molecule has 15 heteroatoms. The standard InChI is InChI=1S/C10H22O.C8H18O.2C6H10O4.C6H14O.C4H6O4/c1-2-3-4-5-6-7-8-9-10-11;1-2-3-4-5-6-7-8-9;2*7-5(8)3-1-2-4-6(9)10;1-2-3-4-5-6-7;5-3(6)1-2-4(7)8/h11H,2-10H2,1H3;9H,2-8H2,1H3;2*1-4H2,(H,7,8)(H,9,10);7H,2-6H2,1H3;1-2H2,(H,5,6)(H,7,8). The SMILES string of the molecule is CCCCCCCCCCO.CCCCCCCCO.CCCCCCO.O=C(O)CCC(=O)O.O=C(O)CCCCC(=O)O.O=C(O)CCCCC(=O)O. The van der Waals surface area contributed by atoms with E-state index in [1.807, 2.05) is 0 Å². The van der Waals surface area contributed by atoms with Gasteiger partial charge in [0.25, 0.3) is 0 Å². The van der Waals surface area contributed by atoms with E-state index in [-0.39, 0.29) is 38.5 Å². The second-order valence-electron chi connectivity index (χ2n) is 12.8. The molecule has 0 radical (unpaired) electrons. The molecule has 0 aromatic rings. The van der Waals surface area contributed by atoms with Crippen LogP contribution in [0.1, 0.15) is 201 Å². The quantitative estimate of drug-likeness (QED) is 0.0298. The molecule has 0 atom stereocenters. The lowest BCUT2D eigenvalue weighted by Gasteiger charge is -1.98. The van der Waals surface area contributed by atoms with Gasteiger partial charge >= 0.3 is 35.8 Å². The molecule has 0 bridgehead atoms. The van der Waals surface area contributed by atoms with Crippen LogP contribution in [-0.4, -0.2) is 102 Å². The van der Waals surface area contributed by atoms with Crippen molar-refractivity contribution in [2.24, 2.45) is 0 Å². The highest BCUT2D eigenvalue weighted by molar-refractivity contribution is 5.75. The molecule has 0 aromatic heterocycles. The molecule has 0 amide bonds. The van der Waals surface area contributed by atoms with Gasteiger partial charge in [-0.2, -0.15) is 0 Å². The van der Waals surface area contributed by atoms with E-state index in [0.29, 0.717) is 45.5 Å². The smallest absolute Gasteiger partial charge is 0.303 e. The van der Waals surface area contributed by atoms with Crippen LogP contribution >= 0.6 is 0 Å². The molecule has 0 unspecified atom stereocenters. The zero-order valence-corrected chi connectivity index (χ0v) is 34.4. The molecule has 0 rings (SSSR count). The minimum absolute atomic E-state index is 0.0628. The summed E-state index contributed by atoms with van der Waals surface area (Å²) in [5.41, 5.74) is 0. The predicted molar refractivity (Wildman–Crippen MR) is 213 cm³/mol. The number of rotatable bonds is 31. The third-order valence-electron chi connectivity index (χ3n) is 7.15. The summed E-state index contributed by atoms with van der Waals surface area (Å²) in [5.74, 6) is -5.63. The fourth-order valence-corrected chi connectivity index (χ4v) is 4.00. The highest BCUT2D eigenvalue weighted by Gasteiger charge is 2.01. The van der Waals surface area contributed by atoms with E-state index in [1.165, 1.54) is 96.3 Å². The van der Waals surface area contributed by atoms with Crippen LogP contribution in [0.15, 0.2) is 0 Å². The molecule has 0 aliphatic heterocycles. The number of carboxylic acids is 6. The Hall–Kier alpha value is -3.30. The van der Waals surface area contributed by atoms with Crippen LogP contribution in [0.25, 0.3) is 0 Å². The van der Waals surface area contributed by atoms with Gasteiger partial charge in [-0.25, -0.2) is 0 Å². The minimum Gasteiger partial charge on any atom is -0.481 e. The average molecular weight is 801 g/mol. The summed E-state index contributed by atoms with van der Waals surface area (Å²) in [4.78, 5) is 58.9. The van der Waals surface area contributed by atoms with E-state index in [4.69, 9.17) is 46.0 Å². The van der Waals surface area contributed by atoms with Crippen molar-refractivity contribution in [3.8, 4) is 0 Å². The van der Waals surface area contributed by atoms with Crippen molar-refractivity contribution < 1.29 is 74.7 Å². The first-order valence-corrected chi connectivity index (χ1v) is 20.3. The summed E-state index contributed by atoms with van der Waals surface area (Å²) in [6.07, 6.45) is 24.0. The van der Waals surface area contributed by atoms with Crippen molar-refractivity contribution in [3.05, 3.63) is 0 Å². The highest BCUT2D eigenvalue weighted by Crippen LogP contribution is 2.08. The number of unbranched alkanes of at least 4 members (excludes halogenated alkanes) is 17. The summed E-state index contributed by atoms with van der Waals surface area (Å²) in [6, 6.07) is 0. The molecule has 0 aliphatic rings. The van der Waals surface area contributed by atoms with Crippen molar-refractivity contribution in [2.75, 3.05) is 19.8 Å². The van der Waals surface area contributed by atoms with Crippen LogP contribution in [0.2, 0.25) is 0 Å². The second-order valence-corrected chi connectivity index (χ2v) is 12.8. The minimum atomic E-state index is -1.08. The number of aliphatic hydroxyl groups excluding tert-OH is 3. The summed E-state index contributed by atoms with van der Waals surface area (Å²) < 4.78 is 0. The first-order chi connectivity index (χ1) is 26.1. The Morgan fingerprint density at radius 3 is 0.582 bits per heavy atom. The maximum atomic E-state index is 9.90. The van der Waals surface area contributed by atoms with E-state index >= 15 is 0 Å². The Balaban J connectivity index is -0.000000132. The van der Waals surface area contributed by atoms with Crippen molar-refractivity contribution in [1.82, 2.24) is 0 Å². The van der Waals surface area contributed by atoms with Gasteiger partial charge in [0.1, 0.15) is 0 Å². The van der Waals surface area contributed by atoms with Crippen LogP contribution in [0.3, 0.4) is 0 Å². The Bertz CT molecular complexity index is 739. The molecule has 0 aromatic carbocycles. The van der Waals surface area contributed by atoms with Crippen LogP contribution in [0.4, 0.5) is 0 Å². The Morgan fingerprint density at radius 1 is 0.255 bits per heavy atom. The first kappa shape index (κ1) is 63.6. The van der Waals surface area contributed by atoms with Gasteiger partial charge in [0.2, 0.25) is 0 Å². The molecule has 0 spiro atoms. The maximum absolute atomic E-state index is 9.90. The fourth-order valence-electron chi connectivity index (χ4n) is 4.00. The average Bonchev–Trinajstić information content (AvgIpc) is 3.12. The molecule has 0 fully saturated rings. The van der Waals surface area contributed by atoms with Gasteiger partial charge in [-0.05, 0) is 44.9 Å². The van der Waals surface area contributed by atoms with Crippen molar-refractivity contribution in [3.63, 3.8) is 0 Å². The van der Waals surface area contributed by atoms with Crippen molar-refractivity contribution in [2.45, 2.75) is 201 Å². The molecular weight excluding hydrogens is 720 g/mol. The van der Waals surface area contributed by atoms with Crippen LogP contribution in [0.5, 0.6) is 0 Å². The molecule has 0 heterocycles. The highest BCUT2D eigenvalue weighted by atomic mass is 16.4. The van der Waals surface area contributed by atoms with E-state index in [1.54, 1.807) is 0 Å². The largest absolute Gasteiger partial charge is 0.481 e. The molecule has 330 valence electrons. The van der Waals surface area contributed by atoms with Crippen molar-refractivity contribution >= 4 is 35.8 Å². The van der Waals surface area contributed by atoms with E-state index < -0.39 is 35.8 Å². The number of aliphatic hydroxyl groups is 3. The molecule has 0 saturated carbocycles. The van der Waals surface area contributed by atoms with E-state index in [2.05, 4.69) is 20.8 Å². The number of carboxylic acid groups (broad SMARTS) is 6. The molecule has 55 heavy (non-hydrogen) atoms. The van der Waals surface area contributed by atoms with Crippen LogP contribution in [0, 0.1) is 0 Å². The van der Waals surface area contributed by atoms with Gasteiger partial charge in [-0.1, -0.05) is 117 Å². The third-order valence-corrected chi connectivity index (χ3v) is 7.15. The molecule has 9 N–H and O–H groups in total. The maximum Gasteiger partial charge on any atom is 0.303 e. The summed E-state index contributed by atoms with van der Waals surface area (Å²) in [6.45, 7) is 7.72. The van der Waals surface area contributed by atoms with Crippen LogP contribution < -0.4 is 0 Å². The van der Waals surface area contributed by atoms with Crippen LogP contribution in [-0.2, 0) is 28.8 Å². The predicted octanol–water partition coefficient (Wildman–Crippen LogP) is 8.39. The zero-order chi connectivity index (χ0) is 43.4. The van der Waals surface area contributed by atoms with Gasteiger partial charge in [-0.15, -0.1) is 0 Å². The number of carbonyl (C=O) groups is 6. The Morgan fingerprint density at radius 2 is 0.418 bits per heavy atom. The molecule has 0 aliphatic carbocycles. The lowest BCUT2D eigenvalue weighted by molar-refractivity contribution is -0.143. The van der Waals surface area contributed by atoms with E-state index in [9.17, 15) is 28.8 Å². The van der Waals surface area contributed by atoms with Gasteiger partial charge in [0.15, 0.2) is 0 Å². The molecule has 15 nitrogen and oxygen atoms in total.